The Bertz CT molecular complexity index is 561. The normalized spacial score (nSPS) is 15.3. The molecule has 1 aromatic heterocycles. The lowest BCUT2D eigenvalue weighted by atomic mass is 10.2. The number of allylic oxidation sites excluding steroid dienone is 1. The van der Waals surface area contributed by atoms with Gasteiger partial charge in [-0.25, -0.2) is 4.98 Å². The summed E-state index contributed by atoms with van der Waals surface area (Å²) in [4.78, 5) is 24.1. The van der Waals surface area contributed by atoms with Gasteiger partial charge in [0.2, 0.25) is 0 Å². The summed E-state index contributed by atoms with van der Waals surface area (Å²) >= 11 is 0. The number of pyridine rings is 1. The van der Waals surface area contributed by atoms with Gasteiger partial charge in [-0.05, 0) is 38.2 Å². The largest absolute Gasteiger partial charge is 0.366 e. The number of nitrogens with one attached hydrogen (secondary N) is 1. The lowest BCUT2D eigenvalue weighted by Crippen LogP contribution is -2.23. The van der Waals surface area contributed by atoms with Crippen LogP contribution in [0.25, 0.3) is 0 Å². The summed E-state index contributed by atoms with van der Waals surface area (Å²) in [5, 5.41) is 3.00. The molecule has 1 aliphatic heterocycles. The van der Waals surface area contributed by atoms with Crippen LogP contribution in [0.2, 0.25) is 0 Å². The van der Waals surface area contributed by atoms with Crippen molar-refractivity contribution in [3.8, 4) is 0 Å². The molecule has 23 heavy (non-hydrogen) atoms. The van der Waals surface area contributed by atoms with Gasteiger partial charge in [-0.3, -0.25) is 9.79 Å². The van der Waals surface area contributed by atoms with E-state index in [-0.39, 0.29) is 0 Å². The standard InChI is InChI=1S/C17H25N5O/c1-18-11-15(19-2)16(13-23)21(3)12-14-6-7-17(20-10-14)22-8-4-5-9-22/h6-7,10,13,18H,2,4-5,8-9,11-12H2,1,3H3/b16-15-. The number of carbonyl (C=O) groups excluding carboxylic acids is 1. The fraction of sp³-hybridized carbons (Fsp3) is 0.471. The van der Waals surface area contributed by atoms with Crippen molar-refractivity contribution in [3.05, 3.63) is 35.3 Å². The van der Waals surface area contributed by atoms with Gasteiger partial charge in [0.1, 0.15) is 11.5 Å². The molecule has 0 aromatic carbocycles. The molecule has 1 fully saturated rings. The number of hydrogen-bond donors (Lipinski definition) is 1. The second-order valence-corrected chi connectivity index (χ2v) is 5.71. The molecule has 6 heteroatoms. The molecule has 0 saturated carbocycles. The Labute approximate surface area is 137 Å². The first-order chi connectivity index (χ1) is 11.2. The van der Waals surface area contributed by atoms with Crippen LogP contribution in [0.1, 0.15) is 18.4 Å². The highest BCUT2D eigenvalue weighted by Gasteiger charge is 2.14. The molecular weight excluding hydrogens is 290 g/mol. The highest BCUT2D eigenvalue weighted by molar-refractivity contribution is 5.74. The van der Waals surface area contributed by atoms with Crippen LogP contribution in [0.3, 0.4) is 0 Å². The van der Waals surface area contributed by atoms with Gasteiger partial charge in [-0.2, -0.15) is 0 Å². The van der Waals surface area contributed by atoms with Crippen LogP contribution in [-0.4, -0.2) is 56.6 Å². The maximum atomic E-state index is 11.4. The molecule has 0 aliphatic carbocycles. The molecule has 1 aromatic rings. The number of aldehydes is 1. The van der Waals surface area contributed by atoms with Gasteiger partial charge in [-0.1, -0.05) is 6.07 Å². The predicted molar refractivity (Wildman–Crippen MR) is 93.7 cm³/mol. The molecule has 0 atom stereocenters. The Morgan fingerprint density at radius 2 is 2.22 bits per heavy atom. The van der Waals surface area contributed by atoms with Crippen molar-refractivity contribution in [3.63, 3.8) is 0 Å². The average Bonchev–Trinajstić information content (AvgIpc) is 3.10. The Hall–Kier alpha value is -2.21. The molecule has 1 aliphatic rings. The van der Waals surface area contributed by atoms with Crippen molar-refractivity contribution in [1.82, 2.24) is 15.2 Å². The van der Waals surface area contributed by atoms with E-state index in [1.165, 1.54) is 12.8 Å². The second kappa shape index (κ2) is 8.43. The minimum absolute atomic E-state index is 0.508. The molecule has 124 valence electrons. The highest BCUT2D eigenvalue weighted by atomic mass is 16.1. The third-order valence-electron chi connectivity index (χ3n) is 4.01. The van der Waals surface area contributed by atoms with Gasteiger partial charge in [0.05, 0.1) is 5.70 Å². The van der Waals surface area contributed by atoms with E-state index in [9.17, 15) is 4.79 Å². The molecule has 6 nitrogen and oxygen atoms in total. The van der Waals surface area contributed by atoms with Crippen LogP contribution in [0.5, 0.6) is 0 Å². The zero-order valence-electron chi connectivity index (χ0n) is 14.0. The molecule has 1 N–H and O–H groups in total. The number of aromatic nitrogens is 1. The lowest BCUT2D eigenvalue weighted by molar-refractivity contribution is -0.106. The van der Waals surface area contributed by atoms with Gasteiger partial charge in [0.15, 0.2) is 6.29 Å². The van der Waals surface area contributed by atoms with Crippen LogP contribution in [-0.2, 0) is 11.3 Å². The molecule has 0 spiro atoms. The van der Waals surface area contributed by atoms with Crippen LogP contribution in [0.4, 0.5) is 5.82 Å². The van der Waals surface area contributed by atoms with Crippen LogP contribution < -0.4 is 10.2 Å². The zero-order chi connectivity index (χ0) is 16.7. The van der Waals surface area contributed by atoms with Crippen LogP contribution >= 0.6 is 0 Å². The minimum atomic E-state index is 0.508. The summed E-state index contributed by atoms with van der Waals surface area (Å²) in [5.74, 6) is 1.03. The third-order valence-corrected chi connectivity index (χ3v) is 4.01. The Balaban J connectivity index is 2.07. The molecule has 0 unspecified atom stereocenters. The number of likely N-dealkylation sites (N-methyl/N-ethyl adjacent to an activating group) is 2. The predicted octanol–water partition coefficient (Wildman–Crippen LogP) is 1.44. The summed E-state index contributed by atoms with van der Waals surface area (Å²) in [7, 11) is 3.69. The third kappa shape index (κ3) is 4.39. The summed E-state index contributed by atoms with van der Waals surface area (Å²) in [6.45, 7) is 6.82. The van der Waals surface area contributed by atoms with Gasteiger partial charge in [0, 0.05) is 39.4 Å². The van der Waals surface area contributed by atoms with Gasteiger partial charge in [0.25, 0.3) is 0 Å². The van der Waals surface area contributed by atoms with E-state index in [1.807, 2.05) is 25.2 Å². The van der Waals surface area contributed by atoms with E-state index in [4.69, 9.17) is 0 Å². The topological polar surface area (TPSA) is 60.8 Å². The van der Waals surface area contributed by atoms with Crippen molar-refractivity contribution in [2.45, 2.75) is 19.4 Å². The Morgan fingerprint density at radius 1 is 1.48 bits per heavy atom. The number of carbonyl (C=O) groups is 1. The monoisotopic (exact) mass is 315 g/mol. The first-order valence-corrected chi connectivity index (χ1v) is 7.90. The maximum Gasteiger partial charge on any atom is 0.168 e. The van der Waals surface area contributed by atoms with Crippen molar-refractivity contribution < 1.29 is 4.79 Å². The molecule has 0 bridgehead atoms. The second-order valence-electron chi connectivity index (χ2n) is 5.71. The summed E-state index contributed by atoms with van der Waals surface area (Å²) in [6.07, 6.45) is 5.18. The molecule has 1 saturated heterocycles. The minimum Gasteiger partial charge on any atom is -0.366 e. The first-order valence-electron chi connectivity index (χ1n) is 7.90. The number of anilines is 1. The molecular formula is C17H25N5O. The Kier molecular flexibility index (Phi) is 6.29. The van der Waals surface area contributed by atoms with E-state index in [2.05, 4.69) is 39.0 Å². The smallest absolute Gasteiger partial charge is 0.168 e. The fourth-order valence-electron chi connectivity index (χ4n) is 2.78. The zero-order valence-corrected chi connectivity index (χ0v) is 14.0. The average molecular weight is 315 g/mol. The van der Waals surface area contributed by atoms with E-state index in [1.54, 1.807) is 0 Å². The van der Waals surface area contributed by atoms with Crippen molar-refractivity contribution in [2.75, 3.05) is 38.6 Å². The van der Waals surface area contributed by atoms with Gasteiger partial charge >= 0.3 is 0 Å². The van der Waals surface area contributed by atoms with E-state index in [0.717, 1.165) is 30.8 Å². The Morgan fingerprint density at radius 3 is 2.74 bits per heavy atom. The summed E-state index contributed by atoms with van der Waals surface area (Å²) in [5.41, 5.74) is 2.24. The SMILES string of the molecule is C=N/C(CNC)=C(/C=O)N(C)Cc1ccc(N2CCCC2)nc1. The van der Waals surface area contributed by atoms with Crippen molar-refractivity contribution in [1.29, 1.82) is 0 Å². The molecule has 0 radical (unpaired) electrons. The van der Waals surface area contributed by atoms with Crippen LogP contribution in [0.15, 0.2) is 34.7 Å². The quantitative estimate of drug-likeness (QED) is 0.447. The number of aliphatic imine (C=N–C) groups is 1. The van der Waals surface area contributed by atoms with E-state index >= 15 is 0 Å². The van der Waals surface area contributed by atoms with E-state index < -0.39 is 0 Å². The maximum absolute atomic E-state index is 11.4. The fourth-order valence-corrected chi connectivity index (χ4v) is 2.78. The highest BCUT2D eigenvalue weighted by Crippen LogP contribution is 2.18. The van der Waals surface area contributed by atoms with E-state index in [0.29, 0.717) is 24.5 Å². The number of nitrogens with zero attached hydrogens (tertiary/aromatic N) is 4. The van der Waals surface area contributed by atoms with Crippen molar-refractivity contribution in [2.24, 2.45) is 4.99 Å². The lowest BCUT2D eigenvalue weighted by Gasteiger charge is -2.21. The molecule has 2 heterocycles. The van der Waals surface area contributed by atoms with Crippen LogP contribution in [0, 0.1) is 0 Å². The molecule has 2 rings (SSSR count). The first kappa shape index (κ1) is 17.1. The number of hydrogen-bond acceptors (Lipinski definition) is 6. The van der Waals surface area contributed by atoms with Gasteiger partial charge < -0.3 is 15.1 Å². The van der Waals surface area contributed by atoms with Crippen molar-refractivity contribution >= 4 is 18.8 Å². The number of rotatable bonds is 8. The molecule has 0 amide bonds. The van der Waals surface area contributed by atoms with Gasteiger partial charge in [-0.15, -0.1) is 0 Å². The summed E-state index contributed by atoms with van der Waals surface area (Å²) in [6, 6.07) is 4.12. The summed E-state index contributed by atoms with van der Waals surface area (Å²) < 4.78 is 0.